The SMILES string of the molecule is CCNC(=O)c1cccc(NC(=O)c2ccc3c4c(cccc24)CC3)c1. The molecule has 0 saturated heterocycles. The largest absolute Gasteiger partial charge is 0.352 e. The van der Waals surface area contributed by atoms with Crippen LogP contribution in [0.2, 0.25) is 0 Å². The Morgan fingerprint density at radius 1 is 0.923 bits per heavy atom. The van der Waals surface area contributed by atoms with Gasteiger partial charge < -0.3 is 10.6 Å². The lowest BCUT2D eigenvalue weighted by Crippen LogP contribution is -2.22. The minimum atomic E-state index is -0.159. The van der Waals surface area contributed by atoms with E-state index in [1.807, 2.05) is 25.1 Å². The maximum Gasteiger partial charge on any atom is 0.256 e. The molecule has 3 aromatic rings. The summed E-state index contributed by atoms with van der Waals surface area (Å²) < 4.78 is 0. The van der Waals surface area contributed by atoms with Crippen LogP contribution in [0.4, 0.5) is 5.69 Å². The fourth-order valence-electron chi connectivity index (χ4n) is 3.64. The first-order valence-electron chi connectivity index (χ1n) is 8.90. The summed E-state index contributed by atoms with van der Waals surface area (Å²) in [7, 11) is 0. The number of amides is 2. The molecule has 2 amide bonds. The molecule has 4 nitrogen and oxygen atoms in total. The third-order valence-electron chi connectivity index (χ3n) is 4.84. The van der Waals surface area contributed by atoms with Crippen LogP contribution in [0.15, 0.2) is 54.6 Å². The maximum atomic E-state index is 12.9. The third-order valence-corrected chi connectivity index (χ3v) is 4.84. The minimum absolute atomic E-state index is 0.145. The van der Waals surface area contributed by atoms with Gasteiger partial charge in [0.2, 0.25) is 0 Å². The van der Waals surface area contributed by atoms with E-state index in [2.05, 4.69) is 22.8 Å². The Hall–Kier alpha value is -3.14. The summed E-state index contributed by atoms with van der Waals surface area (Å²) in [5, 5.41) is 7.91. The lowest BCUT2D eigenvalue weighted by Gasteiger charge is -2.11. The molecule has 0 aromatic heterocycles. The fraction of sp³-hybridized carbons (Fsp3) is 0.182. The summed E-state index contributed by atoms with van der Waals surface area (Å²) in [6.45, 7) is 2.44. The van der Waals surface area contributed by atoms with E-state index < -0.39 is 0 Å². The number of rotatable bonds is 4. The van der Waals surface area contributed by atoms with Crippen molar-refractivity contribution in [1.29, 1.82) is 0 Å². The van der Waals surface area contributed by atoms with E-state index >= 15 is 0 Å². The quantitative estimate of drug-likeness (QED) is 0.753. The van der Waals surface area contributed by atoms with Crippen molar-refractivity contribution in [2.75, 3.05) is 11.9 Å². The normalized spacial score (nSPS) is 12.2. The van der Waals surface area contributed by atoms with Crippen molar-refractivity contribution >= 4 is 28.3 Å². The smallest absolute Gasteiger partial charge is 0.256 e. The molecule has 2 N–H and O–H groups in total. The van der Waals surface area contributed by atoms with Gasteiger partial charge in [0.05, 0.1) is 0 Å². The molecule has 1 aliphatic carbocycles. The third kappa shape index (κ3) is 2.84. The van der Waals surface area contributed by atoms with Crippen molar-refractivity contribution in [3.63, 3.8) is 0 Å². The molecule has 1 aliphatic rings. The minimum Gasteiger partial charge on any atom is -0.352 e. The molecule has 0 heterocycles. The molecule has 0 spiro atoms. The molecule has 0 fully saturated rings. The Labute approximate surface area is 152 Å². The number of hydrogen-bond donors (Lipinski definition) is 2. The van der Waals surface area contributed by atoms with Gasteiger partial charge >= 0.3 is 0 Å². The Kier molecular flexibility index (Phi) is 4.17. The fourth-order valence-corrected chi connectivity index (χ4v) is 3.64. The van der Waals surface area contributed by atoms with Gasteiger partial charge in [0.15, 0.2) is 0 Å². The molecule has 4 rings (SSSR count). The number of carbonyl (C=O) groups is 2. The molecular formula is C22H20N2O2. The first-order chi connectivity index (χ1) is 12.7. The summed E-state index contributed by atoms with van der Waals surface area (Å²) in [6.07, 6.45) is 2.07. The molecular weight excluding hydrogens is 324 g/mol. The molecule has 0 unspecified atom stereocenters. The van der Waals surface area contributed by atoms with E-state index in [-0.39, 0.29) is 11.8 Å². The topological polar surface area (TPSA) is 58.2 Å². The van der Waals surface area contributed by atoms with Crippen LogP contribution in [0, 0.1) is 0 Å². The van der Waals surface area contributed by atoms with Crippen LogP contribution >= 0.6 is 0 Å². The number of hydrogen-bond acceptors (Lipinski definition) is 2. The predicted octanol–water partition coefficient (Wildman–Crippen LogP) is 3.94. The standard InChI is InChI=1S/C22H20N2O2/c1-2-23-21(25)16-6-3-7-17(13-16)24-22(26)19-12-11-15-10-9-14-5-4-8-18(19)20(14)15/h3-8,11-13H,2,9-10H2,1H3,(H,23,25)(H,24,26). The number of anilines is 1. The molecule has 4 heteroatoms. The molecule has 26 heavy (non-hydrogen) atoms. The van der Waals surface area contributed by atoms with Gasteiger partial charge in [0, 0.05) is 23.4 Å². The molecule has 3 aromatic carbocycles. The van der Waals surface area contributed by atoms with E-state index in [0.29, 0.717) is 23.4 Å². The lowest BCUT2D eigenvalue weighted by molar-refractivity contribution is 0.0954. The van der Waals surface area contributed by atoms with Crippen LogP contribution in [0.3, 0.4) is 0 Å². The molecule has 0 aliphatic heterocycles. The van der Waals surface area contributed by atoms with Gasteiger partial charge in [-0.2, -0.15) is 0 Å². The van der Waals surface area contributed by atoms with E-state index in [9.17, 15) is 9.59 Å². The summed E-state index contributed by atoms with van der Waals surface area (Å²) in [4.78, 5) is 24.9. The molecule has 0 bridgehead atoms. The van der Waals surface area contributed by atoms with E-state index in [1.54, 1.807) is 24.3 Å². The van der Waals surface area contributed by atoms with Crippen LogP contribution in [0.5, 0.6) is 0 Å². The maximum absolute atomic E-state index is 12.9. The summed E-state index contributed by atoms with van der Waals surface area (Å²) in [6, 6.07) is 17.1. The predicted molar refractivity (Wildman–Crippen MR) is 104 cm³/mol. The molecule has 130 valence electrons. The van der Waals surface area contributed by atoms with Gasteiger partial charge in [0.1, 0.15) is 0 Å². The summed E-state index contributed by atoms with van der Waals surface area (Å²) in [5.74, 6) is -0.303. The zero-order valence-corrected chi connectivity index (χ0v) is 14.6. The highest BCUT2D eigenvalue weighted by molar-refractivity contribution is 6.14. The van der Waals surface area contributed by atoms with Crippen molar-refractivity contribution in [2.45, 2.75) is 19.8 Å². The van der Waals surface area contributed by atoms with Gasteiger partial charge in [-0.05, 0) is 65.9 Å². The van der Waals surface area contributed by atoms with E-state index in [1.165, 1.54) is 16.5 Å². The highest BCUT2D eigenvalue weighted by Crippen LogP contribution is 2.33. The second-order valence-electron chi connectivity index (χ2n) is 6.51. The van der Waals surface area contributed by atoms with Gasteiger partial charge in [0.25, 0.3) is 11.8 Å². The van der Waals surface area contributed by atoms with Crippen LogP contribution in [0.25, 0.3) is 10.8 Å². The highest BCUT2D eigenvalue weighted by atomic mass is 16.2. The van der Waals surface area contributed by atoms with Crippen molar-refractivity contribution in [2.24, 2.45) is 0 Å². The van der Waals surface area contributed by atoms with Crippen molar-refractivity contribution in [3.8, 4) is 0 Å². The average molecular weight is 344 g/mol. The molecule has 0 saturated carbocycles. The number of carbonyl (C=O) groups excluding carboxylic acids is 2. The molecule has 0 radical (unpaired) electrons. The Morgan fingerprint density at radius 3 is 2.50 bits per heavy atom. The zero-order chi connectivity index (χ0) is 18.1. The summed E-state index contributed by atoms with van der Waals surface area (Å²) in [5.41, 5.74) is 4.43. The van der Waals surface area contributed by atoms with Crippen LogP contribution in [-0.4, -0.2) is 18.4 Å². The Morgan fingerprint density at radius 2 is 1.69 bits per heavy atom. The van der Waals surface area contributed by atoms with Crippen LogP contribution < -0.4 is 10.6 Å². The first-order valence-corrected chi connectivity index (χ1v) is 8.90. The highest BCUT2D eigenvalue weighted by Gasteiger charge is 2.19. The second-order valence-corrected chi connectivity index (χ2v) is 6.51. The number of benzene rings is 3. The second kappa shape index (κ2) is 6.64. The van der Waals surface area contributed by atoms with E-state index in [0.717, 1.165) is 18.2 Å². The van der Waals surface area contributed by atoms with Gasteiger partial charge in [-0.3, -0.25) is 9.59 Å². The van der Waals surface area contributed by atoms with Crippen molar-refractivity contribution < 1.29 is 9.59 Å². The monoisotopic (exact) mass is 344 g/mol. The first kappa shape index (κ1) is 16.3. The van der Waals surface area contributed by atoms with Crippen molar-refractivity contribution in [1.82, 2.24) is 5.32 Å². The number of nitrogens with one attached hydrogen (secondary N) is 2. The summed E-state index contributed by atoms with van der Waals surface area (Å²) >= 11 is 0. The van der Waals surface area contributed by atoms with Crippen LogP contribution in [-0.2, 0) is 12.8 Å². The average Bonchev–Trinajstić information content (AvgIpc) is 3.07. The van der Waals surface area contributed by atoms with Crippen LogP contribution in [0.1, 0.15) is 38.8 Å². The Balaban J connectivity index is 1.65. The van der Waals surface area contributed by atoms with Gasteiger partial charge in [-0.1, -0.05) is 30.3 Å². The van der Waals surface area contributed by atoms with Gasteiger partial charge in [-0.15, -0.1) is 0 Å². The Bertz CT molecular complexity index is 1010. The van der Waals surface area contributed by atoms with Crippen molar-refractivity contribution in [3.05, 3.63) is 76.9 Å². The lowest BCUT2D eigenvalue weighted by atomic mass is 9.99. The van der Waals surface area contributed by atoms with Gasteiger partial charge in [-0.25, -0.2) is 0 Å². The zero-order valence-electron chi connectivity index (χ0n) is 14.6. The van der Waals surface area contributed by atoms with E-state index in [4.69, 9.17) is 0 Å². The number of aryl methyl sites for hydroxylation is 2. The molecule has 0 atom stereocenters.